The molecule has 81 heavy (non-hydrogen) atoms. The zero-order valence-corrected chi connectivity index (χ0v) is 55.9. The van der Waals surface area contributed by atoms with Gasteiger partial charge in [0.1, 0.15) is 13.2 Å². The van der Waals surface area contributed by atoms with Gasteiger partial charge in [-0.2, -0.15) is 0 Å². The lowest BCUT2D eigenvalue weighted by atomic mass is 10.0. The van der Waals surface area contributed by atoms with Gasteiger partial charge in [0, 0.05) is 6.42 Å². The summed E-state index contributed by atoms with van der Waals surface area (Å²) in [5.74, 6) is -0.200. The highest BCUT2D eigenvalue weighted by atomic mass is 31.2. The van der Waals surface area contributed by atoms with Crippen LogP contribution in [0.15, 0.2) is 36.5 Å². The minimum Gasteiger partial charge on any atom is -0.756 e. The number of quaternary nitrogens is 1. The number of aliphatic hydroxyl groups excluding tert-OH is 1. The van der Waals surface area contributed by atoms with E-state index in [1.165, 1.54) is 308 Å². The van der Waals surface area contributed by atoms with Crippen LogP contribution in [0.3, 0.4) is 0 Å². The second kappa shape index (κ2) is 63.2. The second-order valence-electron chi connectivity index (χ2n) is 25.9. The lowest BCUT2D eigenvalue weighted by molar-refractivity contribution is -0.870. The Bertz CT molecular complexity index is 1410. The van der Waals surface area contributed by atoms with Crippen LogP contribution in [0.2, 0.25) is 0 Å². The monoisotopic (exact) mass is 1160 g/mol. The lowest BCUT2D eigenvalue weighted by Crippen LogP contribution is -2.45. The zero-order chi connectivity index (χ0) is 59.1. The molecule has 0 fully saturated rings. The highest BCUT2D eigenvalue weighted by Crippen LogP contribution is 2.38. The number of carbonyl (C=O) groups excluding carboxylic acids is 1. The average molecular weight is 1160 g/mol. The van der Waals surface area contributed by atoms with E-state index in [9.17, 15) is 19.4 Å². The molecule has 0 heterocycles. The number of hydrogen-bond acceptors (Lipinski definition) is 6. The third-order valence-corrected chi connectivity index (χ3v) is 17.5. The van der Waals surface area contributed by atoms with E-state index in [0.717, 1.165) is 38.5 Å². The Balaban J connectivity index is 4.07. The summed E-state index contributed by atoms with van der Waals surface area (Å²) in [6.45, 7) is 4.69. The number of nitrogens with zero attached hydrogens (tertiary/aromatic N) is 1. The third kappa shape index (κ3) is 66.1. The van der Waals surface area contributed by atoms with E-state index in [0.29, 0.717) is 17.4 Å². The number of unbranched alkanes of at least 4 members (excludes halogenated alkanes) is 50. The molecule has 0 bridgehead atoms. The predicted octanol–water partition coefficient (Wildman–Crippen LogP) is 22.2. The van der Waals surface area contributed by atoms with Gasteiger partial charge in [-0.05, 0) is 57.8 Å². The number of hydrogen-bond donors (Lipinski definition) is 2. The summed E-state index contributed by atoms with van der Waals surface area (Å²) in [5, 5.41) is 14.0. The van der Waals surface area contributed by atoms with Gasteiger partial charge in [0.05, 0.1) is 39.9 Å². The highest BCUT2D eigenvalue weighted by Gasteiger charge is 2.23. The van der Waals surface area contributed by atoms with E-state index in [-0.39, 0.29) is 19.1 Å². The van der Waals surface area contributed by atoms with Crippen LogP contribution in [0.1, 0.15) is 367 Å². The van der Waals surface area contributed by atoms with Crippen molar-refractivity contribution in [3.8, 4) is 0 Å². The molecule has 0 aliphatic heterocycles. The summed E-state index contributed by atoms with van der Waals surface area (Å²) in [4.78, 5) is 25.6. The van der Waals surface area contributed by atoms with Crippen molar-refractivity contribution in [2.24, 2.45) is 0 Å². The topological polar surface area (TPSA) is 108 Å². The highest BCUT2D eigenvalue weighted by molar-refractivity contribution is 7.45. The molecule has 0 aliphatic carbocycles. The van der Waals surface area contributed by atoms with E-state index in [2.05, 4.69) is 43.5 Å². The fourth-order valence-electron chi connectivity index (χ4n) is 11.0. The van der Waals surface area contributed by atoms with Crippen LogP contribution >= 0.6 is 7.82 Å². The minimum absolute atomic E-state index is 0.00459. The number of rotatable bonds is 67. The molecule has 9 heteroatoms. The van der Waals surface area contributed by atoms with Crippen LogP contribution < -0.4 is 10.2 Å². The van der Waals surface area contributed by atoms with E-state index in [4.69, 9.17) is 9.05 Å². The third-order valence-electron chi connectivity index (χ3n) is 16.6. The fourth-order valence-corrected chi connectivity index (χ4v) is 11.7. The van der Waals surface area contributed by atoms with Crippen LogP contribution in [-0.4, -0.2) is 68.5 Å². The maximum atomic E-state index is 13.0. The van der Waals surface area contributed by atoms with Gasteiger partial charge in [-0.15, -0.1) is 0 Å². The van der Waals surface area contributed by atoms with Crippen molar-refractivity contribution in [2.75, 3.05) is 40.9 Å². The van der Waals surface area contributed by atoms with Gasteiger partial charge in [-0.1, -0.05) is 339 Å². The maximum Gasteiger partial charge on any atom is 0.268 e. The first-order valence-electron chi connectivity index (χ1n) is 35.9. The average Bonchev–Trinajstić information content (AvgIpc) is 3.43. The number of aliphatic hydroxyl groups is 1. The Kier molecular flexibility index (Phi) is 62.2. The van der Waals surface area contributed by atoms with Gasteiger partial charge in [0.15, 0.2) is 0 Å². The van der Waals surface area contributed by atoms with Crippen molar-refractivity contribution >= 4 is 13.7 Å². The molecule has 0 aromatic rings. The molecule has 0 saturated carbocycles. The summed E-state index contributed by atoms with van der Waals surface area (Å²) >= 11 is 0. The molecule has 0 aromatic carbocycles. The molecule has 2 N–H and O–H groups in total. The van der Waals surface area contributed by atoms with Crippen LogP contribution in [0.4, 0.5) is 0 Å². The van der Waals surface area contributed by atoms with Crippen molar-refractivity contribution in [1.29, 1.82) is 0 Å². The summed E-state index contributed by atoms with van der Waals surface area (Å²) in [7, 11) is 1.26. The predicted molar refractivity (Wildman–Crippen MR) is 353 cm³/mol. The smallest absolute Gasteiger partial charge is 0.268 e. The summed E-state index contributed by atoms with van der Waals surface area (Å²) in [6, 6.07) is -0.904. The molecule has 480 valence electrons. The molecular weight excluding hydrogens is 1020 g/mol. The number of nitrogens with one attached hydrogen (secondary N) is 1. The molecule has 0 aliphatic rings. The summed E-state index contributed by atoms with van der Waals surface area (Å²) < 4.78 is 23.5. The summed E-state index contributed by atoms with van der Waals surface area (Å²) in [5.41, 5.74) is 0. The van der Waals surface area contributed by atoms with E-state index < -0.39 is 20.0 Å². The Morgan fingerprint density at radius 2 is 0.691 bits per heavy atom. The van der Waals surface area contributed by atoms with Gasteiger partial charge in [-0.3, -0.25) is 9.36 Å². The van der Waals surface area contributed by atoms with E-state index in [1.807, 2.05) is 27.2 Å². The standard InChI is InChI=1S/C72H141N2O6P/c1-6-8-10-12-14-16-18-20-22-24-26-28-30-32-34-36-38-39-41-43-45-47-49-51-53-55-57-59-61-63-65-71(75)70(69-80-81(77,78)79-68-67-74(3,4)5)73-72(76)66-64-62-60-58-56-54-52-50-48-46-44-42-40-37-35-33-31-29-27-25-23-21-19-17-15-13-11-9-7-2/h25,27,55,57,63,65,70-71,75H,6-24,26,28-54,56,58-62,64,66-69H2,1-5H3,(H-,73,76,77,78)/b27-25-,57-55+,65-63+. The van der Waals surface area contributed by atoms with Crippen molar-refractivity contribution in [2.45, 2.75) is 379 Å². The molecule has 1 amide bonds. The number of phosphoric ester groups is 1. The number of likely N-dealkylation sites (N-methyl/N-ethyl adjacent to an activating group) is 1. The largest absolute Gasteiger partial charge is 0.756 e. The van der Waals surface area contributed by atoms with Gasteiger partial charge in [0.25, 0.3) is 7.82 Å². The van der Waals surface area contributed by atoms with E-state index >= 15 is 0 Å². The summed E-state index contributed by atoms with van der Waals surface area (Å²) in [6.07, 6.45) is 84.3. The van der Waals surface area contributed by atoms with Crippen molar-refractivity contribution in [3.05, 3.63) is 36.5 Å². The van der Waals surface area contributed by atoms with Crippen LogP contribution in [-0.2, 0) is 18.4 Å². The van der Waals surface area contributed by atoms with Crippen molar-refractivity contribution in [3.63, 3.8) is 0 Å². The van der Waals surface area contributed by atoms with Crippen LogP contribution in [0.5, 0.6) is 0 Å². The Morgan fingerprint density at radius 3 is 1.00 bits per heavy atom. The Hall–Kier alpha value is -1.28. The molecule has 0 radical (unpaired) electrons. The fraction of sp³-hybridized carbons (Fsp3) is 0.903. The first-order valence-corrected chi connectivity index (χ1v) is 37.3. The Labute approximate surface area is 506 Å². The number of amides is 1. The number of allylic oxidation sites excluding steroid dienone is 5. The Morgan fingerprint density at radius 1 is 0.420 bits per heavy atom. The minimum atomic E-state index is -4.61. The van der Waals surface area contributed by atoms with Crippen molar-refractivity contribution < 1.29 is 32.9 Å². The molecular formula is C72H141N2O6P. The van der Waals surface area contributed by atoms with Crippen molar-refractivity contribution in [1.82, 2.24) is 5.32 Å². The number of phosphoric acid groups is 1. The first kappa shape index (κ1) is 79.7. The first-order chi connectivity index (χ1) is 39.5. The van der Waals surface area contributed by atoms with Gasteiger partial charge >= 0.3 is 0 Å². The van der Waals surface area contributed by atoms with Crippen LogP contribution in [0.25, 0.3) is 0 Å². The quantitative estimate of drug-likeness (QED) is 0.0272. The van der Waals surface area contributed by atoms with Gasteiger partial charge < -0.3 is 28.8 Å². The normalized spacial score (nSPS) is 13.8. The molecule has 0 spiro atoms. The van der Waals surface area contributed by atoms with E-state index in [1.54, 1.807) is 6.08 Å². The molecule has 3 atom stereocenters. The SMILES string of the molecule is CCCCCCCCCC/C=C\CCCCCCCCCCCCCCCCCCCC(=O)NC(COP(=O)([O-])OCC[N+](C)(C)C)C(O)/C=C/CC/C=C/CCCCCCCCCCCCCCCCCCCCCCCCCC. The molecule has 0 saturated heterocycles. The maximum absolute atomic E-state index is 13.0. The van der Waals surface area contributed by atoms with Gasteiger partial charge in [0.2, 0.25) is 5.91 Å². The molecule has 0 rings (SSSR count). The molecule has 8 nitrogen and oxygen atoms in total. The van der Waals surface area contributed by atoms with Crippen LogP contribution in [0, 0.1) is 0 Å². The number of carbonyl (C=O) groups is 1. The van der Waals surface area contributed by atoms with Gasteiger partial charge in [-0.25, -0.2) is 0 Å². The molecule has 3 unspecified atom stereocenters. The molecule has 0 aromatic heterocycles. The second-order valence-corrected chi connectivity index (χ2v) is 27.3. The zero-order valence-electron chi connectivity index (χ0n) is 55.0. The lowest BCUT2D eigenvalue weighted by Gasteiger charge is -2.29.